The summed E-state index contributed by atoms with van der Waals surface area (Å²) in [5.74, 6) is 1.11. The molecule has 0 spiro atoms. The molecule has 5 rings (SSSR count). The topological polar surface area (TPSA) is 76.2 Å². The van der Waals surface area contributed by atoms with Crippen LogP contribution in [-0.4, -0.2) is 52.0 Å². The molecule has 0 fully saturated rings. The SMILES string of the molecule is COc1ccc(Cn2cc(-c3nn(-c4cnc(OC)c(CF)c4)c4c3CCOCC4)cn2)cc1. The van der Waals surface area contributed by atoms with Crippen LogP contribution in [0.2, 0.25) is 0 Å². The van der Waals surface area contributed by atoms with E-state index in [0.717, 1.165) is 40.2 Å². The highest BCUT2D eigenvalue weighted by atomic mass is 19.1. The van der Waals surface area contributed by atoms with Crippen molar-refractivity contribution in [1.82, 2.24) is 24.5 Å². The average molecular weight is 464 g/mol. The van der Waals surface area contributed by atoms with E-state index in [0.29, 0.717) is 37.4 Å². The van der Waals surface area contributed by atoms with Gasteiger partial charge in [-0.1, -0.05) is 12.1 Å². The zero-order chi connectivity index (χ0) is 23.5. The maximum Gasteiger partial charge on any atom is 0.219 e. The summed E-state index contributed by atoms with van der Waals surface area (Å²) < 4.78 is 33.5. The van der Waals surface area contributed by atoms with Crippen molar-refractivity contribution >= 4 is 0 Å². The molecule has 0 amide bonds. The number of hydrogen-bond acceptors (Lipinski definition) is 6. The number of rotatable bonds is 7. The number of aromatic nitrogens is 5. The molecule has 0 radical (unpaired) electrons. The molecular weight excluding hydrogens is 437 g/mol. The Morgan fingerprint density at radius 3 is 2.65 bits per heavy atom. The third-order valence-electron chi connectivity index (χ3n) is 5.97. The van der Waals surface area contributed by atoms with Crippen molar-refractivity contribution in [1.29, 1.82) is 0 Å². The molecule has 4 aromatic rings. The summed E-state index contributed by atoms with van der Waals surface area (Å²) in [6.45, 7) is 1.20. The lowest BCUT2D eigenvalue weighted by Gasteiger charge is -2.10. The molecule has 0 bridgehead atoms. The van der Waals surface area contributed by atoms with Gasteiger partial charge < -0.3 is 14.2 Å². The van der Waals surface area contributed by atoms with Crippen LogP contribution in [0.15, 0.2) is 48.9 Å². The van der Waals surface area contributed by atoms with Gasteiger partial charge in [-0.25, -0.2) is 14.1 Å². The fraction of sp³-hybridized carbons (Fsp3) is 0.320. The predicted octanol–water partition coefficient (Wildman–Crippen LogP) is 3.78. The van der Waals surface area contributed by atoms with Gasteiger partial charge in [-0.2, -0.15) is 10.2 Å². The Labute approximate surface area is 196 Å². The molecule has 1 aliphatic rings. The normalized spacial score (nSPS) is 13.4. The van der Waals surface area contributed by atoms with E-state index in [9.17, 15) is 4.39 Å². The smallest absolute Gasteiger partial charge is 0.219 e. The average Bonchev–Trinajstić information content (AvgIpc) is 3.40. The lowest BCUT2D eigenvalue weighted by molar-refractivity contribution is 0.145. The van der Waals surface area contributed by atoms with E-state index >= 15 is 0 Å². The van der Waals surface area contributed by atoms with Gasteiger partial charge in [0.05, 0.1) is 63.4 Å². The van der Waals surface area contributed by atoms with Crippen molar-refractivity contribution in [3.8, 4) is 28.6 Å². The van der Waals surface area contributed by atoms with Crippen LogP contribution in [-0.2, 0) is 30.8 Å². The number of ether oxygens (including phenoxy) is 3. The first-order valence-corrected chi connectivity index (χ1v) is 11.1. The van der Waals surface area contributed by atoms with Gasteiger partial charge in [0, 0.05) is 29.3 Å². The van der Waals surface area contributed by atoms with Crippen molar-refractivity contribution in [3.05, 3.63) is 71.3 Å². The second-order valence-electron chi connectivity index (χ2n) is 8.07. The highest BCUT2D eigenvalue weighted by Gasteiger charge is 2.23. The zero-order valence-electron chi connectivity index (χ0n) is 19.2. The molecular formula is C25H26FN5O3. The van der Waals surface area contributed by atoms with Gasteiger partial charge in [-0.15, -0.1) is 0 Å². The standard InChI is InChI=1S/C25H26FN5O3/c1-32-21-5-3-17(4-6-21)15-30-16-19(13-28-30)24-22-7-9-34-10-8-23(22)31(29-24)20-11-18(12-26)25(33-2)27-14-20/h3-6,11,13-14,16H,7-10,12,15H2,1-2H3. The number of methoxy groups -OCH3 is 2. The molecule has 0 N–H and O–H groups in total. The molecule has 1 aliphatic heterocycles. The molecule has 8 nitrogen and oxygen atoms in total. The number of hydrogen-bond donors (Lipinski definition) is 0. The molecule has 0 atom stereocenters. The Balaban J connectivity index is 1.51. The Morgan fingerprint density at radius 2 is 1.88 bits per heavy atom. The van der Waals surface area contributed by atoms with Crippen molar-refractivity contribution in [2.24, 2.45) is 0 Å². The number of fused-ring (bicyclic) bond motifs is 1. The van der Waals surface area contributed by atoms with Crippen LogP contribution in [0, 0.1) is 0 Å². The molecule has 34 heavy (non-hydrogen) atoms. The van der Waals surface area contributed by atoms with Crippen LogP contribution in [0.5, 0.6) is 11.6 Å². The fourth-order valence-corrected chi connectivity index (χ4v) is 4.27. The fourth-order valence-electron chi connectivity index (χ4n) is 4.27. The summed E-state index contributed by atoms with van der Waals surface area (Å²) in [7, 11) is 3.14. The minimum absolute atomic E-state index is 0.285. The second kappa shape index (κ2) is 9.64. The first kappa shape index (κ1) is 22.1. The van der Waals surface area contributed by atoms with E-state index < -0.39 is 6.67 Å². The molecule has 0 unspecified atom stereocenters. The van der Waals surface area contributed by atoms with Gasteiger partial charge in [0.1, 0.15) is 12.4 Å². The maximum absolute atomic E-state index is 13.6. The predicted molar refractivity (Wildman–Crippen MR) is 124 cm³/mol. The maximum atomic E-state index is 13.6. The first-order valence-electron chi connectivity index (χ1n) is 11.1. The van der Waals surface area contributed by atoms with Gasteiger partial charge >= 0.3 is 0 Å². The monoisotopic (exact) mass is 463 g/mol. The molecule has 4 heterocycles. The third kappa shape index (κ3) is 4.26. The quantitative estimate of drug-likeness (QED) is 0.415. The summed E-state index contributed by atoms with van der Waals surface area (Å²) >= 11 is 0. The first-order chi connectivity index (χ1) is 16.7. The van der Waals surface area contributed by atoms with E-state index in [1.165, 1.54) is 7.11 Å². The van der Waals surface area contributed by atoms with E-state index in [-0.39, 0.29) is 5.88 Å². The van der Waals surface area contributed by atoms with Crippen LogP contribution in [0.25, 0.3) is 16.9 Å². The molecule has 0 saturated heterocycles. The van der Waals surface area contributed by atoms with E-state index in [4.69, 9.17) is 19.3 Å². The summed E-state index contributed by atoms with van der Waals surface area (Å²) in [6, 6.07) is 9.67. The molecule has 9 heteroatoms. The molecule has 1 aromatic carbocycles. The molecule has 0 aliphatic carbocycles. The number of nitrogens with zero attached hydrogens (tertiary/aromatic N) is 5. The van der Waals surface area contributed by atoms with Gasteiger partial charge in [0.25, 0.3) is 0 Å². The van der Waals surface area contributed by atoms with Crippen molar-refractivity contribution in [2.75, 3.05) is 27.4 Å². The summed E-state index contributed by atoms with van der Waals surface area (Å²) in [4.78, 5) is 4.28. The Bertz CT molecular complexity index is 1280. The largest absolute Gasteiger partial charge is 0.497 e. The second-order valence-corrected chi connectivity index (χ2v) is 8.07. The lowest BCUT2D eigenvalue weighted by atomic mass is 10.1. The lowest BCUT2D eigenvalue weighted by Crippen LogP contribution is -2.07. The minimum atomic E-state index is -0.665. The Kier molecular flexibility index (Phi) is 6.27. The Hall–Kier alpha value is -3.72. The number of halogens is 1. The van der Waals surface area contributed by atoms with Crippen molar-refractivity contribution < 1.29 is 18.6 Å². The van der Waals surface area contributed by atoms with Gasteiger partial charge in [-0.3, -0.25) is 4.68 Å². The van der Waals surface area contributed by atoms with Crippen molar-refractivity contribution in [2.45, 2.75) is 26.1 Å². The summed E-state index contributed by atoms with van der Waals surface area (Å²) in [5.41, 5.74) is 6.17. The van der Waals surface area contributed by atoms with E-state index in [1.807, 2.05) is 46.0 Å². The molecule has 3 aromatic heterocycles. The zero-order valence-corrected chi connectivity index (χ0v) is 19.2. The van der Waals surface area contributed by atoms with Gasteiger partial charge in [0.2, 0.25) is 5.88 Å². The van der Waals surface area contributed by atoms with Crippen molar-refractivity contribution in [3.63, 3.8) is 0 Å². The van der Waals surface area contributed by atoms with Crippen LogP contribution in [0.4, 0.5) is 4.39 Å². The minimum Gasteiger partial charge on any atom is -0.497 e. The number of pyridine rings is 1. The Morgan fingerprint density at radius 1 is 1.06 bits per heavy atom. The van der Waals surface area contributed by atoms with Gasteiger partial charge in [0.15, 0.2) is 0 Å². The molecule has 0 saturated carbocycles. The van der Waals surface area contributed by atoms with Crippen LogP contribution in [0.3, 0.4) is 0 Å². The van der Waals surface area contributed by atoms with E-state index in [1.54, 1.807) is 19.4 Å². The number of benzene rings is 1. The molecule has 176 valence electrons. The van der Waals surface area contributed by atoms with E-state index in [2.05, 4.69) is 10.1 Å². The van der Waals surface area contributed by atoms with Crippen LogP contribution in [0.1, 0.15) is 22.4 Å². The van der Waals surface area contributed by atoms with Gasteiger partial charge in [-0.05, 0) is 30.2 Å². The van der Waals surface area contributed by atoms with Crippen LogP contribution >= 0.6 is 0 Å². The summed E-state index contributed by atoms with van der Waals surface area (Å²) in [6.07, 6.45) is 6.95. The van der Waals surface area contributed by atoms with Crippen LogP contribution < -0.4 is 9.47 Å². The highest BCUT2D eigenvalue weighted by molar-refractivity contribution is 5.64. The third-order valence-corrected chi connectivity index (χ3v) is 5.97. The number of alkyl halides is 1. The highest BCUT2D eigenvalue weighted by Crippen LogP contribution is 2.31. The summed E-state index contributed by atoms with van der Waals surface area (Å²) in [5, 5.41) is 9.50.